The summed E-state index contributed by atoms with van der Waals surface area (Å²) in [4.78, 5) is 130. The first-order valence-electron chi connectivity index (χ1n) is 34.3. The minimum atomic E-state index is -0.693. The number of ether oxygens (including phenoxy) is 4. The van der Waals surface area contributed by atoms with E-state index in [2.05, 4.69) is 5.32 Å². The predicted octanol–water partition coefficient (Wildman–Crippen LogP) is 15.6. The number of esters is 4. The Hall–Kier alpha value is -8.36. The van der Waals surface area contributed by atoms with Gasteiger partial charge in [-0.05, 0) is 119 Å². The highest BCUT2D eigenvalue weighted by molar-refractivity contribution is 6.65. The predicted molar refractivity (Wildman–Crippen MR) is 405 cm³/mol. The van der Waals surface area contributed by atoms with Gasteiger partial charge >= 0.3 is 23.9 Å². The van der Waals surface area contributed by atoms with Crippen LogP contribution in [0.1, 0.15) is 137 Å². The summed E-state index contributed by atoms with van der Waals surface area (Å²) in [5, 5.41) is 9.80. The number of nitrogens with zero attached hydrogens (tertiary/aromatic N) is 3. The molecule has 18 rings (SSSR count). The highest BCUT2D eigenvalue weighted by Crippen LogP contribution is 2.76. The molecule has 4 atom stereocenters. The standard InChI is InChI=1S/C40H36Cl2N2O7.C22H19Cl2NO4.C18H18ClNO3.ClH/c1-21(45)10-24-8-9-28-30(11-24)36-26(15-42)17-44(32(36)13-34(28)51-23(3)47)38(49)40-18-39(19-40,20-40)37(48)43-16-25(14-41)35-29-7-5-4-6-27(29)33(12-31(35)43)50-22(2)46;1-12(26)29-17-6-16-18(15-5-3-2-4-14(15)17)13(7-23)8-25(16)20(28)22-9-21(10-22,11-22)19(24)27;1-10(21)5-12-3-4-14-15(6-12)18-13(8-19)9-20-16(18)7-17(14)23-11(2)22;/h4-9,11-13,25-26H,10,14-20H2,1-3H3;2-6,13H,7-11H2,1H3;3-4,6-7,13,20H,5,8-9H2,1-2H3;1H/t25-,26+,39?,40?;13-,21?,22?;13-;/m110./s1. The summed E-state index contributed by atoms with van der Waals surface area (Å²) >= 11 is 31.1. The number of hydrogen-bond acceptors (Lipinski definition) is 15. The van der Waals surface area contributed by atoms with Crippen LogP contribution in [0.15, 0.2) is 109 Å². The average molecular weight is 1530 g/mol. The fourth-order valence-electron chi connectivity index (χ4n) is 17.9. The van der Waals surface area contributed by atoms with Crippen molar-refractivity contribution >= 4 is 195 Å². The van der Waals surface area contributed by atoms with E-state index in [1.165, 1.54) is 34.6 Å². The van der Waals surface area contributed by atoms with Crippen LogP contribution in [0.4, 0.5) is 22.7 Å². The molecule has 6 aliphatic carbocycles. The van der Waals surface area contributed by atoms with Crippen LogP contribution in [0.3, 0.4) is 0 Å². The molecule has 0 saturated heterocycles. The highest BCUT2D eigenvalue weighted by atomic mass is 35.5. The molecular formula is C80H74Cl6N4O14. The molecule has 4 aliphatic heterocycles. The minimum absolute atomic E-state index is 0. The summed E-state index contributed by atoms with van der Waals surface area (Å²) in [7, 11) is 0. The molecule has 18 nitrogen and oxygen atoms in total. The summed E-state index contributed by atoms with van der Waals surface area (Å²) in [5.41, 5.74) is 6.42. The number of ketones is 2. The second-order valence-corrected chi connectivity index (χ2v) is 30.8. The van der Waals surface area contributed by atoms with Crippen LogP contribution in [0.25, 0.3) is 43.1 Å². The Balaban J connectivity index is 0.000000153. The van der Waals surface area contributed by atoms with Crippen LogP contribution in [0.5, 0.6) is 23.0 Å². The molecule has 0 unspecified atom stereocenters. The third-order valence-electron chi connectivity index (χ3n) is 21.9. The van der Waals surface area contributed by atoms with Crippen molar-refractivity contribution in [2.75, 3.05) is 69.7 Å². The van der Waals surface area contributed by atoms with Crippen molar-refractivity contribution in [3.05, 3.63) is 143 Å². The van der Waals surface area contributed by atoms with E-state index in [4.69, 9.17) is 77.0 Å². The van der Waals surface area contributed by atoms with Crippen molar-refractivity contribution in [2.45, 2.75) is 117 Å². The number of fused-ring (bicyclic) bond motifs is 12. The lowest BCUT2D eigenvalue weighted by atomic mass is 9.34. The van der Waals surface area contributed by atoms with E-state index in [1.807, 2.05) is 91.0 Å². The Morgan fingerprint density at radius 3 is 1.03 bits per heavy atom. The van der Waals surface area contributed by atoms with E-state index in [0.29, 0.717) is 122 Å². The minimum Gasteiger partial charge on any atom is -0.426 e. The van der Waals surface area contributed by atoms with E-state index in [9.17, 15) is 47.9 Å². The first kappa shape index (κ1) is 73.9. The Morgan fingerprint density at radius 1 is 0.394 bits per heavy atom. The lowest BCUT2D eigenvalue weighted by Crippen LogP contribution is -2.73. The smallest absolute Gasteiger partial charge is 0.308 e. The molecule has 0 spiro atoms. The van der Waals surface area contributed by atoms with Crippen LogP contribution >= 0.6 is 70.4 Å². The summed E-state index contributed by atoms with van der Waals surface area (Å²) in [6, 6.07) is 34.0. The van der Waals surface area contributed by atoms with Crippen molar-refractivity contribution in [3.8, 4) is 23.0 Å². The molecule has 0 radical (unpaired) electrons. The number of alkyl halides is 4. The molecule has 1 N–H and O–H groups in total. The normalized spacial score (nSPS) is 23.5. The molecular weight excluding hydrogens is 1450 g/mol. The molecule has 10 aliphatic rings. The van der Waals surface area contributed by atoms with Gasteiger partial charge in [-0.3, -0.25) is 47.9 Å². The zero-order valence-corrected chi connectivity index (χ0v) is 62.5. The van der Waals surface area contributed by atoms with Gasteiger partial charge in [0, 0.05) is 171 Å². The van der Waals surface area contributed by atoms with E-state index in [-0.39, 0.29) is 88.9 Å². The second kappa shape index (κ2) is 28.2. The Morgan fingerprint density at radius 2 is 0.702 bits per heavy atom. The Bertz CT molecular complexity index is 5020. The molecule has 0 aromatic heterocycles. The molecule has 6 fully saturated rings. The Kier molecular flexibility index (Phi) is 20.0. The fraction of sp³-hybridized carbons (Fsp3) is 0.375. The Labute approximate surface area is 630 Å². The van der Waals surface area contributed by atoms with Gasteiger partial charge in [-0.1, -0.05) is 84.9 Å². The van der Waals surface area contributed by atoms with Gasteiger partial charge in [-0.25, -0.2) is 0 Å². The van der Waals surface area contributed by atoms with Crippen molar-refractivity contribution in [1.82, 2.24) is 0 Å². The summed E-state index contributed by atoms with van der Waals surface area (Å²) < 4.78 is 22.1. The molecule has 3 amide bonds. The largest absolute Gasteiger partial charge is 0.426 e. The zero-order chi connectivity index (χ0) is 73.1. The summed E-state index contributed by atoms with van der Waals surface area (Å²) in [6.45, 7) is 10.5. The average Bonchev–Trinajstić information content (AvgIpc) is 0.894. The SMILES string of the molecule is CC(=O)Cc1ccc2c(OC(C)=O)cc3c(c2c1)[C@@H](CCl)CN3.CC(=O)Cc1ccc2c(OC(C)=O)cc3c(c2c1)[C@@H](CCl)CN3C(=O)C12CC(C(=O)N3C[C@@H](CCl)c4c3cc(OC(C)=O)c3ccccc43)(C1)C2.CC(=O)Oc1cc2c(c3ccccc13)[C@H](CCl)CN2C(=O)C12CC(C(=O)Cl)(C1)C2.Cl. The number of nitrogens with one attached hydrogen (secondary N) is 1. The van der Waals surface area contributed by atoms with Gasteiger partial charge in [0.15, 0.2) is 0 Å². The lowest BCUT2D eigenvalue weighted by molar-refractivity contribution is -0.205. The van der Waals surface area contributed by atoms with Gasteiger partial charge in [0.05, 0.1) is 33.3 Å². The lowest BCUT2D eigenvalue weighted by Gasteiger charge is -2.69. The number of carbonyl (C=O) groups excluding carboxylic acids is 10. The van der Waals surface area contributed by atoms with Gasteiger partial charge in [-0.15, -0.1) is 58.8 Å². The van der Waals surface area contributed by atoms with Crippen LogP contribution < -0.4 is 39.0 Å². The maximum Gasteiger partial charge on any atom is 0.308 e. The number of anilines is 4. The van der Waals surface area contributed by atoms with Crippen LogP contribution in [0.2, 0.25) is 0 Å². The number of Topliss-reactive ketones (excluding diaryl/α,β-unsaturated/α-hetero) is 2. The maximum absolute atomic E-state index is 14.5. The summed E-state index contributed by atoms with van der Waals surface area (Å²) in [6.07, 6.45) is 3.46. The quantitative estimate of drug-likeness (QED) is 0.0410. The molecule has 8 aromatic rings. The molecule has 540 valence electrons. The maximum atomic E-state index is 14.5. The van der Waals surface area contributed by atoms with Crippen LogP contribution in [0, 0.1) is 21.7 Å². The van der Waals surface area contributed by atoms with Gasteiger partial charge in [0.1, 0.15) is 34.6 Å². The number of carbonyl (C=O) groups is 10. The van der Waals surface area contributed by atoms with Crippen molar-refractivity contribution in [1.29, 1.82) is 0 Å². The first-order valence-corrected chi connectivity index (χ1v) is 36.9. The number of hydrogen-bond donors (Lipinski definition) is 1. The molecule has 8 aromatic carbocycles. The van der Waals surface area contributed by atoms with Crippen molar-refractivity contribution in [3.63, 3.8) is 0 Å². The van der Waals surface area contributed by atoms with Gasteiger partial charge in [-0.2, -0.15) is 0 Å². The third-order valence-corrected chi connectivity index (χ3v) is 23.8. The number of benzene rings is 8. The van der Waals surface area contributed by atoms with E-state index >= 15 is 0 Å². The number of rotatable bonds is 16. The third kappa shape index (κ3) is 12.6. The topological polar surface area (TPSA) is 229 Å². The second-order valence-electron chi connectivity index (χ2n) is 29.2. The van der Waals surface area contributed by atoms with E-state index < -0.39 is 39.6 Å². The van der Waals surface area contributed by atoms with Crippen LogP contribution in [-0.2, 0) is 60.8 Å². The van der Waals surface area contributed by atoms with E-state index in [0.717, 1.165) is 89.0 Å². The fourth-order valence-corrected chi connectivity index (χ4v) is 19.1. The van der Waals surface area contributed by atoms with Gasteiger partial charge in [0.25, 0.3) is 0 Å². The molecule has 104 heavy (non-hydrogen) atoms. The summed E-state index contributed by atoms with van der Waals surface area (Å²) in [5.74, 6) is 1.42. The molecule has 24 heteroatoms. The monoisotopic (exact) mass is 1520 g/mol. The highest BCUT2D eigenvalue weighted by Gasteiger charge is 2.77. The molecule has 4 heterocycles. The molecule has 6 saturated carbocycles. The van der Waals surface area contributed by atoms with Gasteiger partial charge < -0.3 is 39.0 Å². The first-order chi connectivity index (χ1) is 49.2. The zero-order valence-electron chi connectivity index (χ0n) is 57.9. The van der Waals surface area contributed by atoms with Crippen molar-refractivity contribution < 1.29 is 66.9 Å². The van der Waals surface area contributed by atoms with E-state index in [1.54, 1.807) is 39.8 Å². The molecule has 4 bridgehead atoms. The number of amides is 3. The van der Waals surface area contributed by atoms with Gasteiger partial charge in [0.2, 0.25) is 23.0 Å². The van der Waals surface area contributed by atoms with Crippen LogP contribution in [-0.4, -0.2) is 108 Å². The number of halogens is 6. The van der Waals surface area contributed by atoms with Crippen molar-refractivity contribution in [2.24, 2.45) is 21.7 Å².